The summed E-state index contributed by atoms with van der Waals surface area (Å²) < 4.78 is 24.5. The van der Waals surface area contributed by atoms with Gasteiger partial charge in [-0.05, 0) is 100 Å². The van der Waals surface area contributed by atoms with E-state index >= 15 is 0 Å². The van der Waals surface area contributed by atoms with Crippen molar-refractivity contribution in [2.75, 3.05) is 13.2 Å². The number of aliphatic hydroxyl groups is 4. The molecule has 2 saturated carbocycles. The Morgan fingerprint density at radius 3 is 1.76 bits per heavy atom. The highest BCUT2D eigenvalue weighted by Gasteiger charge is 2.43. The van der Waals surface area contributed by atoms with Gasteiger partial charge in [-0.3, -0.25) is 0 Å². The molecular formula is C50H76O8. The lowest BCUT2D eigenvalue weighted by Gasteiger charge is -2.30. The number of ether oxygens (including phenoxy) is 4. The molecular weight excluding hydrogens is 729 g/mol. The quantitative estimate of drug-likeness (QED) is 0.110. The molecule has 4 fully saturated rings. The zero-order valence-corrected chi connectivity index (χ0v) is 33.3. The van der Waals surface area contributed by atoms with Crippen LogP contribution in [-0.4, -0.2) is 82.8 Å². The maximum atomic E-state index is 10.8. The number of hydrogen-bond acceptors (Lipinski definition) is 8. The predicted octanol–water partition coefficient (Wildman–Crippen LogP) is 9.31. The fourth-order valence-electron chi connectivity index (χ4n) is 8.67. The van der Waals surface area contributed by atoms with Gasteiger partial charge in [-0.1, -0.05) is 112 Å². The van der Waals surface area contributed by atoms with E-state index in [1.54, 1.807) is 12.2 Å². The zero-order chi connectivity index (χ0) is 39.5. The number of hydrogen-bond donors (Lipinski definition) is 4. The van der Waals surface area contributed by atoms with E-state index in [0.717, 1.165) is 77.4 Å². The molecule has 6 rings (SSSR count). The number of benzene rings is 2. The second-order valence-corrected chi connectivity index (χ2v) is 16.0. The minimum Gasteiger partial charge on any atom is -0.393 e. The molecule has 0 radical (unpaired) electrons. The summed E-state index contributed by atoms with van der Waals surface area (Å²) in [6.07, 6.45) is 21.5. The molecule has 2 aromatic rings. The lowest BCUT2D eigenvalue weighted by molar-refractivity contribution is -0.193. The summed E-state index contributed by atoms with van der Waals surface area (Å²) in [6, 6.07) is 20.6. The van der Waals surface area contributed by atoms with Gasteiger partial charge in [0.1, 0.15) is 0 Å². The first-order valence-corrected chi connectivity index (χ1v) is 21.3. The molecule has 2 aromatic carbocycles. The molecule has 4 N–H and O–H groups in total. The third-order valence-corrected chi connectivity index (χ3v) is 11.8. The van der Waals surface area contributed by atoms with Crippen LogP contribution in [0.1, 0.15) is 103 Å². The number of aryl methyl sites for hydroxylation is 2. The van der Waals surface area contributed by atoms with Gasteiger partial charge in [0.2, 0.25) is 0 Å². The van der Waals surface area contributed by atoms with Crippen LogP contribution in [0.25, 0.3) is 0 Å². The maximum Gasteiger partial charge on any atom is 0.158 e. The van der Waals surface area contributed by atoms with Crippen LogP contribution in [0.15, 0.2) is 110 Å². The van der Waals surface area contributed by atoms with Crippen molar-refractivity contribution < 1.29 is 39.4 Å². The van der Waals surface area contributed by atoms with Crippen molar-refractivity contribution in [2.45, 2.75) is 154 Å². The van der Waals surface area contributed by atoms with Crippen LogP contribution in [0.5, 0.6) is 0 Å². The van der Waals surface area contributed by atoms with Crippen LogP contribution in [-0.2, 0) is 31.8 Å². The van der Waals surface area contributed by atoms with Crippen LogP contribution in [0, 0.1) is 23.7 Å². The second kappa shape index (κ2) is 27.0. The molecule has 2 aliphatic heterocycles. The third kappa shape index (κ3) is 15.9. The number of rotatable bonds is 18. The second-order valence-electron chi connectivity index (χ2n) is 16.0. The first kappa shape index (κ1) is 49.4. The van der Waals surface area contributed by atoms with E-state index in [1.165, 1.54) is 11.1 Å². The fraction of sp³-hybridized carbons (Fsp3) is 0.600. The molecule has 2 aliphatic carbocycles. The monoisotopic (exact) mass is 805 g/mol. The highest BCUT2D eigenvalue weighted by Crippen LogP contribution is 2.40. The summed E-state index contributed by atoms with van der Waals surface area (Å²) in [5, 5.41) is 40.9. The summed E-state index contributed by atoms with van der Waals surface area (Å²) in [4.78, 5) is 0. The zero-order valence-electron chi connectivity index (χ0n) is 33.3. The fourth-order valence-corrected chi connectivity index (χ4v) is 8.67. The van der Waals surface area contributed by atoms with E-state index in [4.69, 9.17) is 18.9 Å². The Hall–Kier alpha value is -2.92. The molecule has 0 bridgehead atoms. The lowest BCUT2D eigenvalue weighted by atomic mass is 9.89. The molecule has 2 saturated heterocycles. The van der Waals surface area contributed by atoms with E-state index in [9.17, 15) is 20.4 Å². The van der Waals surface area contributed by atoms with Gasteiger partial charge in [0, 0.05) is 37.9 Å². The first-order valence-electron chi connectivity index (χ1n) is 21.3. The van der Waals surface area contributed by atoms with Crippen LogP contribution >= 0.6 is 0 Å². The van der Waals surface area contributed by atoms with Crippen LogP contribution in [0.2, 0.25) is 0 Å². The highest BCUT2D eigenvalue weighted by atomic mass is 16.7. The molecule has 2 heterocycles. The van der Waals surface area contributed by atoms with Gasteiger partial charge in [0.25, 0.3) is 0 Å². The Morgan fingerprint density at radius 2 is 1.19 bits per heavy atom. The van der Waals surface area contributed by atoms with Crippen molar-refractivity contribution in [3.63, 3.8) is 0 Å². The van der Waals surface area contributed by atoms with Crippen molar-refractivity contribution in [1.82, 2.24) is 0 Å². The molecule has 4 aliphatic rings. The van der Waals surface area contributed by atoms with E-state index in [2.05, 4.69) is 55.6 Å². The van der Waals surface area contributed by atoms with Crippen LogP contribution in [0.3, 0.4) is 0 Å². The van der Waals surface area contributed by atoms with E-state index in [-0.39, 0.29) is 63.3 Å². The van der Waals surface area contributed by atoms with Gasteiger partial charge in [0.05, 0.1) is 36.6 Å². The summed E-state index contributed by atoms with van der Waals surface area (Å²) in [7, 11) is 0. The molecule has 12 atom stereocenters. The van der Waals surface area contributed by atoms with Gasteiger partial charge < -0.3 is 39.4 Å². The van der Waals surface area contributed by atoms with Gasteiger partial charge in [-0.25, -0.2) is 0 Å². The van der Waals surface area contributed by atoms with Crippen LogP contribution < -0.4 is 0 Å². The summed E-state index contributed by atoms with van der Waals surface area (Å²) in [6.45, 7) is 9.17. The van der Waals surface area contributed by atoms with Crippen molar-refractivity contribution in [3.05, 3.63) is 121 Å². The average molecular weight is 805 g/mol. The van der Waals surface area contributed by atoms with Crippen LogP contribution in [0.4, 0.5) is 0 Å². The minimum absolute atomic E-state index is 0. The SMILES string of the molecule is C.C.C=CC[C@@H]1[C@@H](/C=C/[C@@H](O)CCc2ccccc2)[C@H](O)C[C@@H]1O.C=CC[C@@H]1[C@@H](/C=C/[C@H](CCc2ccccc2)OC2CCCCO2)[C@H](OC2CCCCO2)C[C@@H]1O. The van der Waals surface area contributed by atoms with E-state index in [1.807, 2.05) is 42.5 Å². The van der Waals surface area contributed by atoms with Gasteiger partial charge in [-0.15, -0.1) is 13.2 Å². The maximum absolute atomic E-state index is 10.8. The van der Waals surface area contributed by atoms with E-state index < -0.39 is 24.4 Å². The first-order chi connectivity index (χ1) is 27.3. The Bertz CT molecular complexity index is 1440. The highest BCUT2D eigenvalue weighted by molar-refractivity contribution is 5.16. The molecule has 8 nitrogen and oxygen atoms in total. The minimum atomic E-state index is -0.544. The van der Waals surface area contributed by atoms with Crippen molar-refractivity contribution in [2.24, 2.45) is 23.7 Å². The smallest absolute Gasteiger partial charge is 0.158 e. The van der Waals surface area contributed by atoms with Crippen molar-refractivity contribution in [1.29, 1.82) is 0 Å². The predicted molar refractivity (Wildman–Crippen MR) is 235 cm³/mol. The molecule has 58 heavy (non-hydrogen) atoms. The molecule has 0 aromatic heterocycles. The molecule has 324 valence electrons. The molecule has 2 unspecified atom stereocenters. The Balaban J connectivity index is 0.000000327. The summed E-state index contributed by atoms with van der Waals surface area (Å²) >= 11 is 0. The molecule has 0 spiro atoms. The molecule has 8 heteroatoms. The Kier molecular flexibility index (Phi) is 23.0. The molecule has 0 amide bonds. The normalized spacial score (nSPS) is 30.8. The average Bonchev–Trinajstić information content (AvgIpc) is 3.67. The Morgan fingerprint density at radius 1 is 0.655 bits per heavy atom. The van der Waals surface area contributed by atoms with Gasteiger partial charge in [0.15, 0.2) is 12.6 Å². The van der Waals surface area contributed by atoms with Crippen molar-refractivity contribution >= 4 is 0 Å². The number of allylic oxidation sites excluding steroid dienone is 2. The summed E-state index contributed by atoms with van der Waals surface area (Å²) in [5.74, 6) is 0.0844. The standard InChI is InChI=1S/C29H42O5.C19H26O3.2CH4/c1-2-10-24-25(27(21-26(24)30)34-29-14-7-9-20-32-29)18-17-23(33-28-13-6-8-19-31-28)16-15-22-11-4-3-5-12-22;1-2-6-16-17(19(22)13-18(16)21)12-11-15(20)10-9-14-7-4-3-5-8-14;;/h2-5,11-12,17-18,23-30H,1,6-10,13-16,19-21H2;2-5,7-8,11-12,15-22H,1,6,9-10,13H2;2*1H4/b18-17+;12-11+;;/t23-,24+,25+,26-,27+,28?,29?;15-,16+,17+,18-,19+;;/m00../s1. The Labute approximate surface area is 350 Å². The van der Waals surface area contributed by atoms with Gasteiger partial charge >= 0.3 is 0 Å². The third-order valence-electron chi connectivity index (χ3n) is 11.8. The van der Waals surface area contributed by atoms with E-state index in [0.29, 0.717) is 25.7 Å². The topological polar surface area (TPSA) is 118 Å². The van der Waals surface area contributed by atoms with Crippen molar-refractivity contribution in [3.8, 4) is 0 Å². The summed E-state index contributed by atoms with van der Waals surface area (Å²) in [5.41, 5.74) is 2.52. The van der Waals surface area contributed by atoms with Gasteiger partial charge in [-0.2, -0.15) is 0 Å². The number of aliphatic hydroxyl groups excluding tert-OH is 4. The lowest BCUT2D eigenvalue weighted by Crippen LogP contribution is -2.31. The largest absolute Gasteiger partial charge is 0.393 e.